The molecule has 92 valence electrons. The third-order valence-electron chi connectivity index (χ3n) is 1.82. The molecule has 3 nitrogen and oxygen atoms in total. The quantitative estimate of drug-likeness (QED) is 0.322. The van der Waals surface area contributed by atoms with Crippen LogP contribution in [0.15, 0.2) is 4.99 Å². The molecule has 3 N–H and O–H groups in total. The van der Waals surface area contributed by atoms with Crippen molar-refractivity contribution in [2.24, 2.45) is 16.6 Å². The molecular weight excluding hydrogens is 321 g/mol. The number of nitrogens with zero attached hydrogens (tertiary/aromatic N) is 1. The standard InChI is InChI=1S/C10H23N3S.HI/c1-9(2)5-7-13-10(11)12-6-4-8-14-3;/h9H,4-8H2,1-3H3,(H3,11,12,13);1H. The van der Waals surface area contributed by atoms with Crippen molar-refractivity contribution in [1.82, 2.24) is 5.32 Å². The highest BCUT2D eigenvalue weighted by Gasteiger charge is 1.94. The van der Waals surface area contributed by atoms with E-state index in [0.29, 0.717) is 11.9 Å². The Morgan fingerprint density at radius 2 is 2.13 bits per heavy atom. The predicted octanol–water partition coefficient (Wildman–Crippen LogP) is 2.31. The van der Waals surface area contributed by atoms with Crippen LogP contribution in [-0.4, -0.2) is 31.1 Å². The summed E-state index contributed by atoms with van der Waals surface area (Å²) in [6.45, 7) is 6.16. The van der Waals surface area contributed by atoms with E-state index in [1.54, 1.807) is 0 Å². The van der Waals surface area contributed by atoms with Crippen LogP contribution in [0.1, 0.15) is 26.7 Å². The molecule has 0 aromatic heterocycles. The zero-order valence-electron chi connectivity index (χ0n) is 9.95. The fourth-order valence-corrected chi connectivity index (χ4v) is 1.37. The van der Waals surface area contributed by atoms with Gasteiger partial charge in [-0.3, -0.25) is 4.99 Å². The summed E-state index contributed by atoms with van der Waals surface area (Å²) in [6, 6.07) is 0. The number of guanidine groups is 1. The van der Waals surface area contributed by atoms with Crippen LogP contribution in [0.25, 0.3) is 0 Å². The van der Waals surface area contributed by atoms with Gasteiger partial charge in [-0.25, -0.2) is 0 Å². The van der Waals surface area contributed by atoms with E-state index in [9.17, 15) is 0 Å². The first kappa shape index (κ1) is 17.7. The minimum atomic E-state index is 0. The van der Waals surface area contributed by atoms with Gasteiger partial charge in [0.15, 0.2) is 5.96 Å². The second-order valence-electron chi connectivity index (χ2n) is 3.72. The van der Waals surface area contributed by atoms with Crippen LogP contribution in [0.4, 0.5) is 0 Å². The van der Waals surface area contributed by atoms with E-state index in [2.05, 4.69) is 30.4 Å². The van der Waals surface area contributed by atoms with Crippen molar-refractivity contribution in [1.29, 1.82) is 0 Å². The zero-order valence-corrected chi connectivity index (χ0v) is 13.1. The summed E-state index contributed by atoms with van der Waals surface area (Å²) in [5.74, 6) is 2.46. The molecule has 5 heteroatoms. The van der Waals surface area contributed by atoms with Gasteiger partial charge in [0.1, 0.15) is 0 Å². The molecule has 0 radical (unpaired) electrons. The molecule has 0 aliphatic carbocycles. The van der Waals surface area contributed by atoms with Gasteiger partial charge in [-0.1, -0.05) is 13.8 Å². The number of thioether (sulfide) groups is 1. The Kier molecular flexibility index (Phi) is 14.7. The highest BCUT2D eigenvalue weighted by Crippen LogP contribution is 1.96. The second-order valence-corrected chi connectivity index (χ2v) is 4.71. The third-order valence-corrected chi connectivity index (χ3v) is 2.51. The molecule has 0 spiro atoms. The molecular formula is C10H24IN3S. The van der Waals surface area contributed by atoms with Crippen LogP contribution < -0.4 is 11.1 Å². The zero-order chi connectivity index (χ0) is 10.8. The molecule has 0 rings (SSSR count). The summed E-state index contributed by atoms with van der Waals surface area (Å²) >= 11 is 1.84. The van der Waals surface area contributed by atoms with Crippen LogP contribution in [-0.2, 0) is 0 Å². The Balaban J connectivity index is 0. The van der Waals surface area contributed by atoms with E-state index in [1.165, 1.54) is 0 Å². The molecule has 0 amide bonds. The number of hydrogen-bond donors (Lipinski definition) is 2. The van der Waals surface area contributed by atoms with E-state index in [0.717, 1.165) is 31.7 Å². The third kappa shape index (κ3) is 14.4. The molecule has 0 aromatic rings. The normalized spacial score (nSPS) is 11.3. The molecule has 0 fully saturated rings. The monoisotopic (exact) mass is 345 g/mol. The molecule has 0 unspecified atom stereocenters. The van der Waals surface area contributed by atoms with Gasteiger partial charge >= 0.3 is 0 Å². The Hall–Kier alpha value is 0.350. The number of halogens is 1. The van der Waals surface area contributed by atoms with Crippen LogP contribution in [0.2, 0.25) is 0 Å². The summed E-state index contributed by atoms with van der Waals surface area (Å²) in [7, 11) is 0. The first-order chi connectivity index (χ1) is 6.66. The first-order valence-electron chi connectivity index (χ1n) is 5.19. The van der Waals surface area contributed by atoms with E-state index < -0.39 is 0 Å². The molecule has 0 bridgehead atoms. The van der Waals surface area contributed by atoms with Gasteiger partial charge in [0.2, 0.25) is 0 Å². The maximum Gasteiger partial charge on any atom is 0.188 e. The topological polar surface area (TPSA) is 50.4 Å². The summed E-state index contributed by atoms with van der Waals surface area (Å²) in [5.41, 5.74) is 5.67. The second kappa shape index (κ2) is 12.4. The number of hydrogen-bond acceptors (Lipinski definition) is 2. The van der Waals surface area contributed by atoms with E-state index >= 15 is 0 Å². The Bertz CT molecular complexity index is 163. The van der Waals surface area contributed by atoms with Crippen molar-refractivity contribution in [3.63, 3.8) is 0 Å². The fourth-order valence-electron chi connectivity index (χ4n) is 0.953. The molecule has 0 atom stereocenters. The lowest BCUT2D eigenvalue weighted by atomic mass is 10.1. The predicted molar refractivity (Wildman–Crippen MR) is 82.4 cm³/mol. The highest BCUT2D eigenvalue weighted by atomic mass is 127. The maximum absolute atomic E-state index is 5.67. The average molecular weight is 345 g/mol. The van der Waals surface area contributed by atoms with Gasteiger partial charge in [0.25, 0.3) is 0 Å². The largest absolute Gasteiger partial charge is 0.370 e. The molecule has 0 aliphatic heterocycles. The maximum atomic E-state index is 5.67. The summed E-state index contributed by atoms with van der Waals surface area (Å²) < 4.78 is 0. The average Bonchev–Trinajstić information content (AvgIpc) is 2.12. The summed E-state index contributed by atoms with van der Waals surface area (Å²) in [4.78, 5) is 4.23. The van der Waals surface area contributed by atoms with E-state index in [1.807, 2.05) is 11.8 Å². The van der Waals surface area contributed by atoms with Gasteiger partial charge < -0.3 is 11.1 Å². The smallest absolute Gasteiger partial charge is 0.188 e. The van der Waals surface area contributed by atoms with Crippen molar-refractivity contribution >= 4 is 41.7 Å². The Morgan fingerprint density at radius 3 is 2.67 bits per heavy atom. The van der Waals surface area contributed by atoms with Gasteiger partial charge in [-0.05, 0) is 30.8 Å². The van der Waals surface area contributed by atoms with Gasteiger partial charge in [-0.15, -0.1) is 24.0 Å². The minimum Gasteiger partial charge on any atom is -0.370 e. The molecule has 0 saturated carbocycles. The lowest BCUT2D eigenvalue weighted by Crippen LogP contribution is -2.33. The van der Waals surface area contributed by atoms with Crippen molar-refractivity contribution < 1.29 is 0 Å². The Morgan fingerprint density at radius 1 is 1.47 bits per heavy atom. The lowest BCUT2D eigenvalue weighted by Gasteiger charge is -2.07. The van der Waals surface area contributed by atoms with Gasteiger partial charge in [-0.2, -0.15) is 11.8 Å². The van der Waals surface area contributed by atoms with Crippen molar-refractivity contribution in [2.45, 2.75) is 26.7 Å². The number of rotatable bonds is 7. The van der Waals surface area contributed by atoms with Crippen LogP contribution in [0, 0.1) is 5.92 Å². The highest BCUT2D eigenvalue weighted by molar-refractivity contribution is 14.0. The fraction of sp³-hybridized carbons (Fsp3) is 0.900. The van der Waals surface area contributed by atoms with Crippen LogP contribution >= 0.6 is 35.7 Å². The van der Waals surface area contributed by atoms with Crippen LogP contribution in [0.3, 0.4) is 0 Å². The first-order valence-corrected chi connectivity index (χ1v) is 6.59. The van der Waals surface area contributed by atoms with Crippen LogP contribution in [0.5, 0.6) is 0 Å². The molecule has 0 saturated heterocycles. The lowest BCUT2D eigenvalue weighted by molar-refractivity contribution is 0.576. The number of nitrogens with one attached hydrogen (secondary N) is 1. The molecule has 0 heterocycles. The van der Waals surface area contributed by atoms with Gasteiger partial charge in [0.05, 0.1) is 0 Å². The molecule has 0 aromatic carbocycles. The molecule has 15 heavy (non-hydrogen) atoms. The SMILES string of the molecule is CSCCCN=C(N)NCCC(C)C.I. The summed E-state index contributed by atoms with van der Waals surface area (Å²) in [5, 5.41) is 3.11. The minimum absolute atomic E-state index is 0. The molecule has 0 aliphatic rings. The van der Waals surface area contributed by atoms with Crippen molar-refractivity contribution in [3.8, 4) is 0 Å². The van der Waals surface area contributed by atoms with Crippen molar-refractivity contribution in [3.05, 3.63) is 0 Å². The number of nitrogens with two attached hydrogens (primary N) is 1. The van der Waals surface area contributed by atoms with Crippen molar-refractivity contribution in [2.75, 3.05) is 25.1 Å². The van der Waals surface area contributed by atoms with E-state index in [-0.39, 0.29) is 24.0 Å². The number of aliphatic imine (C=N–C) groups is 1. The van der Waals surface area contributed by atoms with E-state index in [4.69, 9.17) is 5.73 Å². The Labute approximate surface area is 115 Å². The summed E-state index contributed by atoms with van der Waals surface area (Å²) in [6.07, 6.45) is 4.35. The van der Waals surface area contributed by atoms with Gasteiger partial charge in [0, 0.05) is 13.1 Å².